The van der Waals surface area contributed by atoms with E-state index >= 15 is 0 Å². The van der Waals surface area contributed by atoms with Gasteiger partial charge in [-0.05, 0) is 43.3 Å². The minimum atomic E-state index is 0.669. The summed E-state index contributed by atoms with van der Waals surface area (Å²) in [6.45, 7) is 3.47. The quantitative estimate of drug-likeness (QED) is 0.808. The van der Waals surface area contributed by atoms with Crippen LogP contribution in [-0.2, 0) is 6.54 Å². The first-order valence-corrected chi connectivity index (χ1v) is 7.45. The van der Waals surface area contributed by atoms with Crippen molar-refractivity contribution < 1.29 is 9.47 Å². The second kappa shape index (κ2) is 7.91. The summed E-state index contributed by atoms with van der Waals surface area (Å²) in [4.78, 5) is 0. The number of para-hydroxylation sites is 2. The van der Waals surface area contributed by atoms with Crippen molar-refractivity contribution in [2.75, 3.05) is 13.7 Å². The van der Waals surface area contributed by atoms with Crippen LogP contribution >= 0.6 is 11.6 Å². The Morgan fingerprint density at radius 3 is 2.52 bits per heavy atom. The summed E-state index contributed by atoms with van der Waals surface area (Å²) in [7, 11) is 1.89. The number of nitrogens with one attached hydrogen (secondary N) is 1. The average Bonchev–Trinajstić information content (AvgIpc) is 2.49. The van der Waals surface area contributed by atoms with Gasteiger partial charge in [0.15, 0.2) is 11.5 Å². The minimum absolute atomic E-state index is 0.669. The van der Waals surface area contributed by atoms with E-state index in [-0.39, 0.29) is 0 Å². The molecular weight excluding hydrogens is 286 g/mol. The van der Waals surface area contributed by atoms with Gasteiger partial charge < -0.3 is 14.8 Å². The lowest BCUT2D eigenvalue weighted by molar-refractivity contribution is 0.302. The lowest BCUT2D eigenvalue weighted by Crippen LogP contribution is -2.05. The summed E-state index contributed by atoms with van der Waals surface area (Å²) >= 11 is 6.25. The number of halogens is 1. The van der Waals surface area contributed by atoms with Crippen LogP contribution in [0.2, 0.25) is 5.02 Å². The van der Waals surface area contributed by atoms with Crippen molar-refractivity contribution in [2.45, 2.75) is 19.9 Å². The molecule has 21 heavy (non-hydrogen) atoms. The predicted octanol–water partition coefficient (Wildman–Crippen LogP) is 4.64. The normalized spacial score (nSPS) is 10.4. The van der Waals surface area contributed by atoms with E-state index in [4.69, 9.17) is 21.1 Å². The first kappa shape index (κ1) is 15.7. The fourth-order valence-corrected chi connectivity index (χ4v) is 2.16. The lowest BCUT2D eigenvalue weighted by atomic mass is 10.2. The van der Waals surface area contributed by atoms with Gasteiger partial charge in [-0.3, -0.25) is 0 Å². The number of benzene rings is 2. The molecule has 0 fully saturated rings. The van der Waals surface area contributed by atoms with Gasteiger partial charge in [-0.1, -0.05) is 36.7 Å². The molecule has 0 aliphatic rings. The molecule has 112 valence electrons. The maximum Gasteiger partial charge on any atom is 0.169 e. The van der Waals surface area contributed by atoms with E-state index in [0.29, 0.717) is 23.1 Å². The molecule has 4 heteroatoms. The topological polar surface area (TPSA) is 30.5 Å². The van der Waals surface area contributed by atoms with Gasteiger partial charge in [0, 0.05) is 11.6 Å². The Balaban J connectivity index is 2.16. The van der Waals surface area contributed by atoms with Crippen molar-refractivity contribution >= 4 is 11.6 Å². The summed E-state index contributed by atoms with van der Waals surface area (Å²) < 4.78 is 11.6. The second-order valence-corrected chi connectivity index (χ2v) is 5.09. The van der Waals surface area contributed by atoms with Gasteiger partial charge in [-0.2, -0.15) is 0 Å². The Bertz CT molecular complexity index is 587. The van der Waals surface area contributed by atoms with Crippen molar-refractivity contribution in [2.24, 2.45) is 0 Å². The summed E-state index contributed by atoms with van der Waals surface area (Å²) in [6, 6.07) is 13.3. The molecule has 0 saturated carbocycles. The van der Waals surface area contributed by atoms with E-state index in [1.807, 2.05) is 49.5 Å². The van der Waals surface area contributed by atoms with Crippen LogP contribution in [0.4, 0.5) is 0 Å². The predicted molar refractivity (Wildman–Crippen MR) is 86.5 cm³/mol. The van der Waals surface area contributed by atoms with E-state index in [2.05, 4.69) is 12.2 Å². The van der Waals surface area contributed by atoms with Crippen LogP contribution in [-0.4, -0.2) is 13.7 Å². The van der Waals surface area contributed by atoms with Crippen LogP contribution in [0.3, 0.4) is 0 Å². The summed E-state index contributed by atoms with van der Waals surface area (Å²) in [5.74, 6) is 2.14. The SMILES string of the molecule is CCCOc1ccccc1Oc1ccc(CNC)c(Cl)c1. The third-order valence-electron chi connectivity index (χ3n) is 2.93. The molecular formula is C17H20ClNO2. The standard InChI is InChI=1S/C17H20ClNO2/c1-3-10-20-16-6-4-5-7-17(16)21-14-9-8-13(12-19-2)15(18)11-14/h4-9,11,19H,3,10,12H2,1-2H3. The van der Waals surface area contributed by atoms with Crippen molar-refractivity contribution in [3.05, 3.63) is 53.1 Å². The van der Waals surface area contributed by atoms with Crippen LogP contribution in [0.15, 0.2) is 42.5 Å². The highest BCUT2D eigenvalue weighted by atomic mass is 35.5. The van der Waals surface area contributed by atoms with Crippen LogP contribution in [0.25, 0.3) is 0 Å². The number of hydrogen-bond donors (Lipinski definition) is 1. The summed E-state index contributed by atoms with van der Waals surface area (Å²) in [5, 5.41) is 3.77. The molecule has 0 atom stereocenters. The molecule has 0 saturated heterocycles. The van der Waals surface area contributed by atoms with E-state index < -0.39 is 0 Å². The smallest absolute Gasteiger partial charge is 0.169 e. The molecule has 0 aliphatic carbocycles. The van der Waals surface area contributed by atoms with Gasteiger partial charge in [0.2, 0.25) is 0 Å². The van der Waals surface area contributed by atoms with Gasteiger partial charge in [-0.15, -0.1) is 0 Å². The molecule has 0 aromatic heterocycles. The molecule has 0 radical (unpaired) electrons. The minimum Gasteiger partial charge on any atom is -0.490 e. The Kier molecular flexibility index (Phi) is 5.90. The van der Waals surface area contributed by atoms with Crippen molar-refractivity contribution in [1.29, 1.82) is 0 Å². The van der Waals surface area contributed by atoms with E-state index in [9.17, 15) is 0 Å². The maximum absolute atomic E-state index is 6.25. The van der Waals surface area contributed by atoms with E-state index in [1.165, 1.54) is 0 Å². The number of ether oxygens (including phenoxy) is 2. The highest BCUT2D eigenvalue weighted by Crippen LogP contribution is 2.33. The molecule has 0 unspecified atom stereocenters. The Labute approximate surface area is 130 Å². The van der Waals surface area contributed by atoms with Gasteiger partial charge in [0.25, 0.3) is 0 Å². The third-order valence-corrected chi connectivity index (χ3v) is 3.28. The molecule has 2 rings (SSSR count). The molecule has 0 aliphatic heterocycles. The molecule has 0 amide bonds. The van der Waals surface area contributed by atoms with Crippen LogP contribution in [0.5, 0.6) is 17.2 Å². The largest absolute Gasteiger partial charge is 0.490 e. The maximum atomic E-state index is 6.25. The molecule has 3 nitrogen and oxygen atoms in total. The second-order valence-electron chi connectivity index (χ2n) is 4.68. The highest BCUT2D eigenvalue weighted by Gasteiger charge is 2.07. The Hall–Kier alpha value is -1.71. The Morgan fingerprint density at radius 2 is 1.86 bits per heavy atom. The molecule has 1 N–H and O–H groups in total. The fraction of sp³-hybridized carbons (Fsp3) is 0.294. The molecule has 2 aromatic rings. The summed E-state index contributed by atoms with van der Waals surface area (Å²) in [5.41, 5.74) is 1.04. The van der Waals surface area contributed by atoms with Crippen LogP contribution in [0.1, 0.15) is 18.9 Å². The zero-order valence-corrected chi connectivity index (χ0v) is 13.1. The van der Waals surface area contributed by atoms with Gasteiger partial charge in [0.1, 0.15) is 5.75 Å². The van der Waals surface area contributed by atoms with Crippen molar-refractivity contribution in [1.82, 2.24) is 5.32 Å². The third kappa shape index (κ3) is 4.38. The first-order valence-electron chi connectivity index (χ1n) is 7.07. The Morgan fingerprint density at radius 1 is 1.10 bits per heavy atom. The average molecular weight is 306 g/mol. The van der Waals surface area contributed by atoms with E-state index in [1.54, 1.807) is 0 Å². The molecule has 0 spiro atoms. The van der Waals surface area contributed by atoms with Gasteiger partial charge in [0.05, 0.1) is 6.61 Å². The summed E-state index contributed by atoms with van der Waals surface area (Å²) in [6.07, 6.45) is 0.957. The van der Waals surface area contributed by atoms with Crippen molar-refractivity contribution in [3.63, 3.8) is 0 Å². The van der Waals surface area contributed by atoms with Gasteiger partial charge >= 0.3 is 0 Å². The molecule has 0 heterocycles. The van der Waals surface area contributed by atoms with Crippen molar-refractivity contribution in [3.8, 4) is 17.2 Å². The zero-order valence-electron chi connectivity index (χ0n) is 12.4. The fourth-order valence-electron chi connectivity index (χ4n) is 1.92. The van der Waals surface area contributed by atoms with E-state index in [0.717, 1.165) is 24.3 Å². The zero-order chi connectivity index (χ0) is 15.1. The van der Waals surface area contributed by atoms with Gasteiger partial charge in [-0.25, -0.2) is 0 Å². The highest BCUT2D eigenvalue weighted by molar-refractivity contribution is 6.31. The van der Waals surface area contributed by atoms with Crippen LogP contribution in [0, 0.1) is 0 Å². The number of hydrogen-bond acceptors (Lipinski definition) is 3. The monoisotopic (exact) mass is 305 g/mol. The van der Waals surface area contributed by atoms with Crippen LogP contribution < -0.4 is 14.8 Å². The number of rotatable bonds is 7. The molecule has 2 aromatic carbocycles. The first-order chi connectivity index (χ1) is 10.2. The lowest BCUT2D eigenvalue weighted by Gasteiger charge is -2.13. The molecule has 0 bridgehead atoms.